The van der Waals surface area contributed by atoms with Crippen LogP contribution in [0.3, 0.4) is 0 Å². The van der Waals surface area contributed by atoms with Crippen molar-refractivity contribution in [2.45, 2.75) is 6.61 Å². The predicted molar refractivity (Wildman–Crippen MR) is 82.9 cm³/mol. The van der Waals surface area contributed by atoms with Crippen molar-refractivity contribution >= 4 is 23.1 Å². The number of nitrogens with one attached hydrogen (secondary N) is 2. The van der Waals surface area contributed by atoms with Gasteiger partial charge in [-0.05, 0) is 18.2 Å². The monoisotopic (exact) mass is 301 g/mol. The number of nitrogens with zero attached hydrogens (tertiary/aromatic N) is 1. The van der Waals surface area contributed by atoms with E-state index in [4.69, 9.17) is 4.74 Å². The Morgan fingerprint density at radius 2 is 1.82 bits per heavy atom. The van der Waals surface area contributed by atoms with Gasteiger partial charge in [-0.1, -0.05) is 18.2 Å². The summed E-state index contributed by atoms with van der Waals surface area (Å²) in [6.07, 6.45) is 0. The van der Waals surface area contributed by atoms with Crippen molar-refractivity contribution in [2.75, 3.05) is 17.7 Å². The maximum atomic E-state index is 12.0. The molecule has 0 aliphatic heterocycles. The minimum Gasteiger partial charge on any atom is -0.380 e. The van der Waals surface area contributed by atoms with E-state index in [0.717, 1.165) is 5.56 Å². The molecule has 0 saturated carbocycles. The first kappa shape index (κ1) is 15.5. The second kappa shape index (κ2) is 7.19. The number of carbonyl (C=O) groups is 1. The highest BCUT2D eigenvalue weighted by molar-refractivity contribution is 6.00. The number of nitro groups is 1. The number of rotatable bonds is 5. The van der Waals surface area contributed by atoms with E-state index >= 15 is 0 Å². The Morgan fingerprint density at radius 1 is 1.14 bits per heavy atom. The molecule has 0 bridgehead atoms. The lowest BCUT2D eigenvalue weighted by Gasteiger charge is -2.11. The summed E-state index contributed by atoms with van der Waals surface area (Å²) in [6, 6.07) is 12.4. The smallest absolute Gasteiger partial charge is 0.323 e. The van der Waals surface area contributed by atoms with Crippen LogP contribution >= 0.6 is 0 Å². The molecule has 0 unspecified atom stereocenters. The maximum Gasteiger partial charge on any atom is 0.323 e. The van der Waals surface area contributed by atoms with Crippen LogP contribution < -0.4 is 10.6 Å². The number of hydrogen-bond acceptors (Lipinski definition) is 4. The van der Waals surface area contributed by atoms with Crippen LogP contribution in [0, 0.1) is 10.1 Å². The summed E-state index contributed by atoms with van der Waals surface area (Å²) >= 11 is 0. The highest BCUT2D eigenvalue weighted by atomic mass is 16.6. The first-order valence-electron chi connectivity index (χ1n) is 6.49. The van der Waals surface area contributed by atoms with Crippen LogP contribution in [0.4, 0.5) is 21.9 Å². The van der Waals surface area contributed by atoms with Crippen molar-refractivity contribution < 1.29 is 14.5 Å². The van der Waals surface area contributed by atoms with Crippen LogP contribution in [0.25, 0.3) is 0 Å². The summed E-state index contributed by atoms with van der Waals surface area (Å²) in [5.41, 5.74) is 1.93. The summed E-state index contributed by atoms with van der Waals surface area (Å²) in [7, 11) is 1.58. The van der Waals surface area contributed by atoms with Crippen molar-refractivity contribution in [3.05, 3.63) is 64.2 Å². The lowest BCUT2D eigenvalue weighted by molar-refractivity contribution is -0.384. The molecule has 22 heavy (non-hydrogen) atoms. The van der Waals surface area contributed by atoms with Crippen LogP contribution in [0.15, 0.2) is 48.5 Å². The molecule has 0 spiro atoms. The fraction of sp³-hybridized carbons (Fsp3) is 0.133. The molecule has 0 heterocycles. The Bertz CT molecular complexity index is 671. The van der Waals surface area contributed by atoms with Crippen molar-refractivity contribution in [1.82, 2.24) is 0 Å². The van der Waals surface area contributed by atoms with E-state index in [-0.39, 0.29) is 5.69 Å². The number of methoxy groups -OCH3 is 1. The summed E-state index contributed by atoms with van der Waals surface area (Å²) < 4.78 is 5.07. The molecular formula is C15H15N3O4. The van der Waals surface area contributed by atoms with Gasteiger partial charge in [-0.3, -0.25) is 10.1 Å². The molecule has 2 aromatic carbocycles. The average molecular weight is 301 g/mol. The van der Waals surface area contributed by atoms with Gasteiger partial charge in [0.1, 0.15) is 0 Å². The molecule has 2 amide bonds. The second-order valence-electron chi connectivity index (χ2n) is 4.47. The number of anilines is 2. The Kier molecular flexibility index (Phi) is 5.05. The second-order valence-corrected chi connectivity index (χ2v) is 4.47. The highest BCUT2D eigenvalue weighted by Crippen LogP contribution is 2.18. The number of carbonyl (C=O) groups excluding carboxylic acids is 1. The number of para-hydroxylation sites is 1. The minimum atomic E-state index is -0.495. The first-order valence-corrected chi connectivity index (χ1v) is 6.49. The standard InChI is InChI=1S/C15H15N3O4/c1-22-10-11-4-2-3-5-14(11)17-15(19)16-12-6-8-13(9-7-12)18(20)21/h2-9H,10H2,1H3,(H2,16,17,19). The third kappa shape index (κ3) is 4.03. The van der Waals surface area contributed by atoms with E-state index in [1.165, 1.54) is 24.3 Å². The number of benzene rings is 2. The van der Waals surface area contributed by atoms with Crippen LogP contribution in [-0.4, -0.2) is 18.1 Å². The molecule has 0 radical (unpaired) electrons. The zero-order valence-electron chi connectivity index (χ0n) is 11.9. The minimum absolute atomic E-state index is 0.0311. The topological polar surface area (TPSA) is 93.5 Å². The number of ether oxygens (including phenoxy) is 1. The molecule has 2 N–H and O–H groups in total. The molecule has 0 aliphatic carbocycles. The van der Waals surface area contributed by atoms with Gasteiger partial charge in [0.2, 0.25) is 0 Å². The molecule has 0 aliphatic rings. The van der Waals surface area contributed by atoms with E-state index < -0.39 is 11.0 Å². The molecule has 2 rings (SSSR count). The van der Waals surface area contributed by atoms with E-state index in [0.29, 0.717) is 18.0 Å². The zero-order chi connectivity index (χ0) is 15.9. The quantitative estimate of drug-likeness (QED) is 0.654. The van der Waals surface area contributed by atoms with Crippen LogP contribution in [-0.2, 0) is 11.3 Å². The number of nitro benzene ring substituents is 1. The van der Waals surface area contributed by atoms with Gasteiger partial charge in [-0.15, -0.1) is 0 Å². The lowest BCUT2D eigenvalue weighted by Crippen LogP contribution is -2.20. The first-order chi connectivity index (χ1) is 10.6. The largest absolute Gasteiger partial charge is 0.380 e. The van der Waals surface area contributed by atoms with E-state index in [9.17, 15) is 14.9 Å². The molecule has 0 fully saturated rings. The maximum absolute atomic E-state index is 12.0. The fourth-order valence-corrected chi connectivity index (χ4v) is 1.87. The van der Waals surface area contributed by atoms with Gasteiger partial charge in [0.05, 0.1) is 11.5 Å². The summed E-state index contributed by atoms with van der Waals surface area (Å²) in [6.45, 7) is 0.383. The molecule has 2 aromatic rings. The molecule has 0 aromatic heterocycles. The normalized spacial score (nSPS) is 10.0. The van der Waals surface area contributed by atoms with Gasteiger partial charge in [-0.2, -0.15) is 0 Å². The van der Waals surface area contributed by atoms with Crippen molar-refractivity contribution in [1.29, 1.82) is 0 Å². The number of amides is 2. The Hall–Kier alpha value is -2.93. The van der Waals surface area contributed by atoms with Gasteiger partial charge >= 0.3 is 6.03 Å². The Balaban J connectivity index is 2.02. The fourth-order valence-electron chi connectivity index (χ4n) is 1.87. The number of urea groups is 1. The van der Waals surface area contributed by atoms with Gasteiger partial charge in [-0.25, -0.2) is 4.79 Å². The molecular weight excluding hydrogens is 286 g/mol. The number of hydrogen-bond donors (Lipinski definition) is 2. The van der Waals surface area contributed by atoms with Crippen molar-refractivity contribution in [2.24, 2.45) is 0 Å². The Labute approximate surface area is 127 Å². The molecule has 0 saturated heterocycles. The average Bonchev–Trinajstić information content (AvgIpc) is 2.50. The summed E-state index contributed by atoms with van der Waals surface area (Å²) in [5, 5.41) is 15.9. The molecule has 7 nitrogen and oxygen atoms in total. The van der Waals surface area contributed by atoms with Crippen molar-refractivity contribution in [3.8, 4) is 0 Å². The predicted octanol–water partition coefficient (Wildman–Crippen LogP) is 3.39. The zero-order valence-corrected chi connectivity index (χ0v) is 11.9. The van der Waals surface area contributed by atoms with Gasteiger partial charge in [0.15, 0.2) is 0 Å². The highest BCUT2D eigenvalue weighted by Gasteiger charge is 2.08. The van der Waals surface area contributed by atoms with E-state index in [1.807, 2.05) is 12.1 Å². The molecule has 0 atom stereocenters. The molecule has 114 valence electrons. The summed E-state index contributed by atoms with van der Waals surface area (Å²) in [4.78, 5) is 22.0. The lowest BCUT2D eigenvalue weighted by atomic mass is 10.2. The van der Waals surface area contributed by atoms with E-state index in [2.05, 4.69) is 10.6 Å². The Morgan fingerprint density at radius 3 is 2.45 bits per heavy atom. The van der Waals surface area contributed by atoms with Crippen molar-refractivity contribution in [3.63, 3.8) is 0 Å². The van der Waals surface area contributed by atoms with Gasteiger partial charge in [0, 0.05) is 36.2 Å². The third-order valence-electron chi connectivity index (χ3n) is 2.90. The number of non-ortho nitro benzene ring substituents is 1. The van der Waals surface area contributed by atoms with Gasteiger partial charge in [0.25, 0.3) is 5.69 Å². The van der Waals surface area contributed by atoms with E-state index in [1.54, 1.807) is 19.2 Å². The summed E-state index contributed by atoms with van der Waals surface area (Å²) in [5.74, 6) is 0. The third-order valence-corrected chi connectivity index (χ3v) is 2.90. The van der Waals surface area contributed by atoms with Gasteiger partial charge < -0.3 is 15.4 Å². The molecule has 7 heteroatoms. The van der Waals surface area contributed by atoms with Crippen LogP contribution in [0.1, 0.15) is 5.56 Å². The SMILES string of the molecule is COCc1ccccc1NC(=O)Nc1ccc([N+](=O)[O-])cc1. The van der Waals surface area contributed by atoms with Crippen LogP contribution in [0.2, 0.25) is 0 Å². The van der Waals surface area contributed by atoms with Crippen LogP contribution in [0.5, 0.6) is 0 Å².